The maximum atomic E-state index is 2.47. The van der Waals surface area contributed by atoms with Gasteiger partial charge in [0.15, 0.2) is 0 Å². The third-order valence-corrected chi connectivity index (χ3v) is 26.0. The maximum Gasteiger partial charge on any atom is 0.0555 e. The van der Waals surface area contributed by atoms with Gasteiger partial charge in [0.1, 0.15) is 0 Å². The zero-order chi connectivity index (χ0) is 74.9. The van der Waals surface area contributed by atoms with Crippen LogP contribution in [0.3, 0.4) is 0 Å². The molecule has 0 fully saturated rings. The normalized spacial score (nSPS) is 13.1. The first-order chi connectivity index (χ1) is 56.5. The first-order valence-electron chi connectivity index (χ1n) is 39.3. The summed E-state index contributed by atoms with van der Waals surface area (Å²) in [4.78, 5) is 0. The van der Waals surface area contributed by atoms with E-state index in [1.807, 2.05) is 22.7 Å². The van der Waals surface area contributed by atoms with Gasteiger partial charge in [0.25, 0.3) is 0 Å². The predicted molar refractivity (Wildman–Crippen MR) is 489 cm³/mol. The molecule has 1 atom stereocenters. The topological polar surface area (TPSA) is 19.7 Å². The van der Waals surface area contributed by atoms with Crippen LogP contribution in [-0.2, 0) is 0 Å². The quantitative estimate of drug-likeness (QED) is 0.130. The Balaban J connectivity index is 0.000000135. The molecule has 6 aromatic heterocycles. The highest BCUT2D eigenvalue weighted by Crippen LogP contribution is 2.47. The SMILES string of the molecule is C1=CCC(c2ccc(-n3c4ccc(-c5ccc6c(c5)c5ccccc5n6-c5cccc(-c6ccccc6)c5)cc4c4cc5sc6ccccc6c5cc43)cc2)C=C1.c1ccc(-c2ccc(-n3c4ccc(-c5ccc6c(c5)c5ccccc5n6-c5cccc(-c6ccccc6)c5)cc4c4cc5c(cc43)sc3ccccc35)cc2)cc1. The summed E-state index contributed by atoms with van der Waals surface area (Å²) in [5.41, 5.74) is 27.9. The summed E-state index contributed by atoms with van der Waals surface area (Å²) >= 11 is 3.76. The lowest BCUT2D eigenvalue weighted by Gasteiger charge is -2.15. The Morgan fingerprint density at radius 3 is 1.02 bits per heavy atom. The van der Waals surface area contributed by atoms with Gasteiger partial charge in [0.05, 0.1) is 44.1 Å². The first-order valence-corrected chi connectivity index (χ1v) is 40.9. The highest BCUT2D eigenvalue weighted by Gasteiger charge is 2.23. The van der Waals surface area contributed by atoms with E-state index < -0.39 is 0 Å². The van der Waals surface area contributed by atoms with E-state index in [4.69, 9.17) is 0 Å². The Bertz CT molecular complexity index is 7860. The average molecular weight is 1490 g/mol. The molecule has 1 aliphatic carbocycles. The molecule has 0 spiro atoms. The fraction of sp³-hybridized carbons (Fsp3) is 0.0185. The smallest absolute Gasteiger partial charge is 0.0555 e. The summed E-state index contributed by atoms with van der Waals surface area (Å²) in [5, 5.41) is 15.4. The van der Waals surface area contributed by atoms with Gasteiger partial charge in [0.2, 0.25) is 0 Å². The fourth-order valence-electron chi connectivity index (χ4n) is 18.3. The minimum absolute atomic E-state index is 0.423. The molecule has 0 aliphatic heterocycles. The van der Waals surface area contributed by atoms with Crippen LogP contribution in [0.15, 0.2) is 406 Å². The van der Waals surface area contributed by atoms with E-state index in [-0.39, 0.29) is 0 Å². The summed E-state index contributed by atoms with van der Waals surface area (Å²) in [5.74, 6) is 0.423. The Morgan fingerprint density at radius 2 is 0.535 bits per heavy atom. The molecule has 23 aromatic rings. The molecule has 0 bridgehead atoms. The lowest BCUT2D eigenvalue weighted by Crippen LogP contribution is -1.98. The van der Waals surface area contributed by atoms with Gasteiger partial charge >= 0.3 is 0 Å². The second-order valence-corrected chi connectivity index (χ2v) is 32.4. The number of rotatable bonds is 10. The zero-order valence-corrected chi connectivity index (χ0v) is 63.7. The van der Waals surface area contributed by atoms with Crippen LogP contribution in [0.2, 0.25) is 0 Å². The van der Waals surface area contributed by atoms with E-state index in [1.165, 1.54) is 194 Å². The van der Waals surface area contributed by atoms with E-state index in [1.54, 1.807) is 0 Å². The standard InChI is InChI=1S/C54H36N2S.C54H34N2S/c1-3-12-35(13-4-1)37-22-26-41(27-23-37)55-51-29-25-40(32-46(51)47-34-54-48(33-52(47)55)44-19-8-10-21-53(44)57-54)39-24-28-50-45(31-39)43-18-7-9-20-49(43)56(50)42-17-11-16-38(30-42)36-14-5-2-6-15-36;1-3-12-35(13-4-1)37-22-26-41(27-23-37)55-51-29-25-40(32-46(51)47-33-48-44-19-8-10-21-53(44)57-54(48)34-52(47)55)39-24-28-50-45(31-39)43-18-7-9-20-49(43)56(50)42-17-11-16-38(30-42)36-14-5-2-6-15-36/h1-12,14-35H,13H2;1-34H. The number of hydrogen-bond acceptors (Lipinski definition) is 2. The molecular formula is C108H70N4S2. The lowest BCUT2D eigenvalue weighted by atomic mass is 9.92. The van der Waals surface area contributed by atoms with Crippen LogP contribution in [-0.4, -0.2) is 18.3 Å². The summed E-state index contributed by atoms with van der Waals surface area (Å²) in [6.45, 7) is 0. The molecular weight excluding hydrogens is 1420 g/mol. The van der Waals surface area contributed by atoms with Gasteiger partial charge in [-0.15, -0.1) is 22.7 Å². The van der Waals surface area contributed by atoms with Crippen molar-refractivity contribution in [3.63, 3.8) is 0 Å². The fourth-order valence-corrected chi connectivity index (χ4v) is 20.5. The number of para-hydroxylation sites is 2. The van der Waals surface area contributed by atoms with Crippen molar-refractivity contribution in [3.05, 3.63) is 412 Å². The van der Waals surface area contributed by atoms with Crippen LogP contribution in [0.5, 0.6) is 0 Å². The summed E-state index contributed by atoms with van der Waals surface area (Å²) in [6.07, 6.45) is 9.94. The maximum absolute atomic E-state index is 2.47. The average Bonchev–Trinajstić information content (AvgIpc) is 1.57. The summed E-state index contributed by atoms with van der Waals surface area (Å²) < 4.78 is 15.0. The molecule has 6 heteroatoms. The number of fused-ring (bicyclic) bond motifs is 18. The van der Waals surface area contributed by atoms with Crippen molar-refractivity contribution < 1.29 is 0 Å². The molecule has 17 aromatic carbocycles. The van der Waals surface area contributed by atoms with Gasteiger partial charge in [-0.05, 0) is 213 Å². The highest BCUT2D eigenvalue weighted by atomic mass is 32.1. The number of thiophene rings is 2. The molecule has 114 heavy (non-hydrogen) atoms. The summed E-state index contributed by atoms with van der Waals surface area (Å²) in [7, 11) is 0. The molecule has 0 amide bonds. The number of hydrogen-bond donors (Lipinski definition) is 0. The van der Waals surface area contributed by atoms with Crippen LogP contribution >= 0.6 is 22.7 Å². The van der Waals surface area contributed by atoms with Gasteiger partial charge in [-0.2, -0.15) is 0 Å². The largest absolute Gasteiger partial charge is 0.309 e. The molecule has 0 saturated carbocycles. The molecule has 0 saturated heterocycles. The summed E-state index contributed by atoms with van der Waals surface area (Å²) in [6, 6.07) is 141. The van der Waals surface area contributed by atoms with Gasteiger partial charge in [-0.25, -0.2) is 0 Å². The Labute approximate surface area is 666 Å². The lowest BCUT2D eigenvalue weighted by molar-refractivity contribution is 0.853. The van der Waals surface area contributed by atoms with Crippen LogP contribution in [0.1, 0.15) is 17.9 Å². The molecule has 4 nitrogen and oxygen atoms in total. The van der Waals surface area contributed by atoms with E-state index in [2.05, 4.69) is 425 Å². The van der Waals surface area contributed by atoms with Gasteiger partial charge in [0, 0.05) is 112 Å². The molecule has 24 rings (SSSR count). The monoisotopic (exact) mass is 1490 g/mol. The van der Waals surface area contributed by atoms with E-state index in [0.717, 1.165) is 23.5 Å². The predicted octanol–water partition coefficient (Wildman–Crippen LogP) is 30.4. The first kappa shape index (κ1) is 65.7. The highest BCUT2D eigenvalue weighted by molar-refractivity contribution is 7.26. The van der Waals surface area contributed by atoms with Crippen molar-refractivity contribution >= 4 is 150 Å². The second kappa shape index (κ2) is 26.8. The molecule has 0 N–H and O–H groups in total. The number of aromatic nitrogens is 4. The zero-order valence-electron chi connectivity index (χ0n) is 62.1. The van der Waals surface area contributed by atoms with Crippen molar-refractivity contribution in [2.75, 3.05) is 0 Å². The van der Waals surface area contributed by atoms with Crippen LogP contribution in [0.25, 0.3) is 206 Å². The molecule has 1 aliphatic rings. The van der Waals surface area contributed by atoms with Crippen molar-refractivity contribution in [2.45, 2.75) is 12.3 Å². The minimum atomic E-state index is 0.423. The number of nitrogens with zero attached hydrogens (tertiary/aromatic N) is 4. The Kier molecular flexibility index (Phi) is 15.5. The Morgan fingerprint density at radius 1 is 0.193 bits per heavy atom. The third-order valence-electron chi connectivity index (χ3n) is 23.8. The molecule has 0 radical (unpaired) electrons. The van der Waals surface area contributed by atoms with Crippen molar-refractivity contribution in [1.29, 1.82) is 0 Å². The molecule has 6 heterocycles. The molecule has 1 unspecified atom stereocenters. The second-order valence-electron chi connectivity index (χ2n) is 30.2. The van der Waals surface area contributed by atoms with Crippen molar-refractivity contribution in [2.24, 2.45) is 0 Å². The van der Waals surface area contributed by atoms with E-state index in [9.17, 15) is 0 Å². The van der Waals surface area contributed by atoms with Crippen molar-refractivity contribution in [3.8, 4) is 78.4 Å². The minimum Gasteiger partial charge on any atom is -0.309 e. The van der Waals surface area contributed by atoms with Crippen LogP contribution < -0.4 is 0 Å². The van der Waals surface area contributed by atoms with E-state index >= 15 is 0 Å². The van der Waals surface area contributed by atoms with Crippen LogP contribution in [0, 0.1) is 0 Å². The van der Waals surface area contributed by atoms with Crippen molar-refractivity contribution in [1.82, 2.24) is 18.3 Å². The third kappa shape index (κ3) is 10.9. The number of allylic oxidation sites excluding steroid dienone is 4. The van der Waals surface area contributed by atoms with E-state index in [0.29, 0.717) is 5.92 Å². The van der Waals surface area contributed by atoms with Gasteiger partial charge < -0.3 is 18.3 Å². The number of benzene rings is 17. The molecule has 534 valence electrons. The van der Waals surface area contributed by atoms with Gasteiger partial charge in [-0.1, -0.05) is 261 Å². The Hall–Kier alpha value is -14.1. The van der Waals surface area contributed by atoms with Gasteiger partial charge in [-0.3, -0.25) is 0 Å². The van der Waals surface area contributed by atoms with Crippen LogP contribution in [0.4, 0.5) is 0 Å².